The summed E-state index contributed by atoms with van der Waals surface area (Å²) in [6.45, 7) is 1.41. The fourth-order valence-corrected chi connectivity index (χ4v) is 1.72. The van der Waals surface area contributed by atoms with Gasteiger partial charge in [0.2, 0.25) is 5.91 Å². The van der Waals surface area contributed by atoms with E-state index in [-0.39, 0.29) is 11.7 Å². The maximum absolute atomic E-state index is 11.8. The summed E-state index contributed by atoms with van der Waals surface area (Å²) < 4.78 is 0. The molecule has 0 saturated heterocycles. The lowest BCUT2D eigenvalue weighted by Gasteiger charge is -2.09. The van der Waals surface area contributed by atoms with E-state index in [9.17, 15) is 9.59 Å². The molecule has 0 heterocycles. The highest BCUT2D eigenvalue weighted by Gasteiger charge is 2.04. The molecule has 0 saturated carbocycles. The average molecular weight is 285 g/mol. The Labute approximate surface area is 121 Å². The lowest BCUT2D eigenvalue weighted by atomic mass is 10.2. The van der Waals surface area contributed by atoms with E-state index in [1.54, 1.807) is 36.4 Å². The molecule has 0 aliphatic heterocycles. The molecule has 0 aliphatic rings. The molecule has 2 aromatic rings. The number of anilines is 3. The van der Waals surface area contributed by atoms with Crippen LogP contribution in [0.1, 0.15) is 6.92 Å². The Bertz CT molecular complexity index is 653. The van der Waals surface area contributed by atoms with E-state index in [0.717, 1.165) is 0 Å². The van der Waals surface area contributed by atoms with E-state index >= 15 is 0 Å². The topological polar surface area (TPSA) is 90.5 Å². The van der Waals surface area contributed by atoms with E-state index in [1.165, 1.54) is 19.1 Å². The van der Waals surface area contributed by atoms with Crippen molar-refractivity contribution in [3.05, 3.63) is 48.5 Å². The zero-order valence-corrected chi connectivity index (χ0v) is 11.4. The number of phenolic OH excluding ortho intramolecular Hbond substituents is 1. The van der Waals surface area contributed by atoms with E-state index < -0.39 is 6.03 Å². The zero-order valence-electron chi connectivity index (χ0n) is 11.4. The number of hydrogen-bond acceptors (Lipinski definition) is 3. The van der Waals surface area contributed by atoms with Gasteiger partial charge >= 0.3 is 6.03 Å². The Morgan fingerprint density at radius 3 is 2.05 bits per heavy atom. The summed E-state index contributed by atoms with van der Waals surface area (Å²) in [7, 11) is 0. The third-order valence-electron chi connectivity index (χ3n) is 2.57. The Kier molecular flexibility index (Phi) is 4.40. The summed E-state index contributed by atoms with van der Waals surface area (Å²) in [5, 5.41) is 17.1. The highest BCUT2D eigenvalue weighted by Crippen LogP contribution is 2.17. The highest BCUT2D eigenvalue weighted by molar-refractivity contribution is 6.00. The molecule has 3 amide bonds. The Hall–Kier alpha value is -3.02. The number of aromatic hydroxyl groups is 1. The SMILES string of the molecule is CC(=O)Nc1cccc(NC(=O)Nc2ccc(O)cc2)c1. The third-order valence-corrected chi connectivity index (χ3v) is 2.57. The van der Waals surface area contributed by atoms with Crippen LogP contribution in [0.15, 0.2) is 48.5 Å². The number of rotatable bonds is 3. The largest absolute Gasteiger partial charge is 0.508 e. The van der Waals surface area contributed by atoms with Crippen LogP contribution in [0.5, 0.6) is 5.75 Å². The van der Waals surface area contributed by atoms with Crippen molar-refractivity contribution in [3.63, 3.8) is 0 Å². The molecular formula is C15H15N3O3. The van der Waals surface area contributed by atoms with Gasteiger partial charge in [-0.25, -0.2) is 4.79 Å². The monoisotopic (exact) mass is 285 g/mol. The van der Waals surface area contributed by atoms with Crippen molar-refractivity contribution in [2.24, 2.45) is 0 Å². The fourth-order valence-electron chi connectivity index (χ4n) is 1.72. The number of amides is 3. The minimum absolute atomic E-state index is 0.129. The van der Waals surface area contributed by atoms with Gasteiger partial charge in [0.15, 0.2) is 0 Å². The van der Waals surface area contributed by atoms with Crippen LogP contribution in [0, 0.1) is 0 Å². The second-order valence-electron chi connectivity index (χ2n) is 4.39. The normalized spacial score (nSPS) is 9.76. The second-order valence-corrected chi connectivity index (χ2v) is 4.39. The smallest absolute Gasteiger partial charge is 0.323 e. The summed E-state index contributed by atoms with van der Waals surface area (Å²) >= 11 is 0. The van der Waals surface area contributed by atoms with Gasteiger partial charge in [-0.05, 0) is 42.5 Å². The van der Waals surface area contributed by atoms with Gasteiger partial charge in [-0.1, -0.05) is 6.07 Å². The molecule has 0 unspecified atom stereocenters. The summed E-state index contributed by atoms with van der Waals surface area (Å²) in [6.07, 6.45) is 0. The molecule has 4 N–H and O–H groups in total. The lowest BCUT2D eigenvalue weighted by molar-refractivity contribution is -0.114. The molecule has 21 heavy (non-hydrogen) atoms. The van der Waals surface area contributed by atoms with E-state index in [0.29, 0.717) is 17.1 Å². The maximum Gasteiger partial charge on any atom is 0.323 e. The van der Waals surface area contributed by atoms with E-state index in [1.807, 2.05) is 0 Å². The number of carbonyl (C=O) groups excluding carboxylic acids is 2. The predicted octanol–water partition coefficient (Wildman–Crippen LogP) is 2.99. The molecule has 2 aromatic carbocycles. The van der Waals surface area contributed by atoms with Gasteiger partial charge in [0.05, 0.1) is 0 Å². The van der Waals surface area contributed by atoms with Gasteiger partial charge in [0, 0.05) is 24.0 Å². The summed E-state index contributed by atoms with van der Waals surface area (Å²) in [6, 6.07) is 12.5. The highest BCUT2D eigenvalue weighted by atomic mass is 16.3. The summed E-state index contributed by atoms with van der Waals surface area (Å²) in [5.41, 5.74) is 1.71. The van der Waals surface area contributed by atoms with Gasteiger partial charge in [0.1, 0.15) is 5.75 Å². The van der Waals surface area contributed by atoms with Crippen LogP contribution >= 0.6 is 0 Å². The van der Waals surface area contributed by atoms with Crippen LogP contribution in [-0.2, 0) is 4.79 Å². The van der Waals surface area contributed by atoms with Crippen molar-refractivity contribution in [2.45, 2.75) is 6.92 Å². The zero-order chi connectivity index (χ0) is 15.2. The number of benzene rings is 2. The van der Waals surface area contributed by atoms with Gasteiger partial charge < -0.3 is 21.1 Å². The van der Waals surface area contributed by atoms with Gasteiger partial charge in [-0.15, -0.1) is 0 Å². The summed E-state index contributed by atoms with van der Waals surface area (Å²) in [5.74, 6) is -0.0512. The van der Waals surface area contributed by atoms with Crippen LogP contribution in [0.25, 0.3) is 0 Å². The van der Waals surface area contributed by atoms with Gasteiger partial charge in [-0.2, -0.15) is 0 Å². The number of urea groups is 1. The van der Waals surface area contributed by atoms with Crippen LogP contribution in [0.2, 0.25) is 0 Å². The molecule has 0 spiro atoms. The Morgan fingerprint density at radius 2 is 1.43 bits per heavy atom. The molecule has 6 nitrogen and oxygen atoms in total. The molecule has 0 aliphatic carbocycles. The van der Waals surface area contributed by atoms with Crippen LogP contribution in [-0.4, -0.2) is 17.0 Å². The molecule has 6 heteroatoms. The summed E-state index contributed by atoms with van der Waals surface area (Å²) in [4.78, 5) is 22.8. The minimum atomic E-state index is -0.416. The molecule has 0 atom stereocenters. The van der Waals surface area contributed by atoms with E-state index in [2.05, 4.69) is 16.0 Å². The predicted molar refractivity (Wildman–Crippen MR) is 81.5 cm³/mol. The third kappa shape index (κ3) is 4.54. The number of nitrogens with one attached hydrogen (secondary N) is 3. The Morgan fingerprint density at radius 1 is 0.857 bits per heavy atom. The van der Waals surface area contributed by atoms with Crippen molar-refractivity contribution < 1.29 is 14.7 Å². The number of hydrogen-bond donors (Lipinski definition) is 4. The van der Waals surface area contributed by atoms with Crippen molar-refractivity contribution >= 4 is 29.0 Å². The number of phenols is 1. The fraction of sp³-hybridized carbons (Fsp3) is 0.0667. The van der Waals surface area contributed by atoms with Crippen LogP contribution in [0.4, 0.5) is 21.9 Å². The number of carbonyl (C=O) groups is 2. The molecule has 0 fully saturated rings. The lowest BCUT2D eigenvalue weighted by Crippen LogP contribution is -2.19. The quantitative estimate of drug-likeness (QED) is 0.653. The van der Waals surface area contributed by atoms with Crippen molar-refractivity contribution in [1.82, 2.24) is 0 Å². The first-order valence-electron chi connectivity index (χ1n) is 6.27. The van der Waals surface area contributed by atoms with Gasteiger partial charge in [-0.3, -0.25) is 4.79 Å². The van der Waals surface area contributed by atoms with Crippen molar-refractivity contribution in [1.29, 1.82) is 0 Å². The molecule has 0 radical (unpaired) electrons. The van der Waals surface area contributed by atoms with Gasteiger partial charge in [0.25, 0.3) is 0 Å². The average Bonchev–Trinajstić information content (AvgIpc) is 2.41. The first-order valence-corrected chi connectivity index (χ1v) is 6.27. The Balaban J connectivity index is 1.99. The maximum atomic E-state index is 11.8. The molecule has 0 bridgehead atoms. The standard InChI is InChI=1S/C15H15N3O3/c1-10(19)16-12-3-2-4-13(9-12)18-15(21)17-11-5-7-14(20)8-6-11/h2-9,20H,1H3,(H,16,19)(H2,17,18,21). The first-order chi connectivity index (χ1) is 10.0. The van der Waals surface area contributed by atoms with Crippen molar-refractivity contribution in [3.8, 4) is 5.75 Å². The van der Waals surface area contributed by atoms with E-state index in [4.69, 9.17) is 5.11 Å². The molecule has 2 rings (SSSR count). The second kappa shape index (κ2) is 6.42. The molecule has 0 aromatic heterocycles. The molecule has 108 valence electrons. The molecular weight excluding hydrogens is 270 g/mol. The minimum Gasteiger partial charge on any atom is -0.508 e. The van der Waals surface area contributed by atoms with Crippen molar-refractivity contribution in [2.75, 3.05) is 16.0 Å². The van der Waals surface area contributed by atoms with Crippen LogP contribution < -0.4 is 16.0 Å². The first kappa shape index (κ1) is 14.4. The van der Waals surface area contributed by atoms with Crippen LogP contribution in [0.3, 0.4) is 0 Å².